The minimum Gasteiger partial charge on any atom is -0.391 e. The Balaban J connectivity index is 1.71. The molecule has 0 aromatic heterocycles. The Morgan fingerprint density at radius 3 is 2.83 bits per heavy atom. The molecule has 3 nitrogen and oxygen atoms in total. The second kappa shape index (κ2) is 6.55. The van der Waals surface area contributed by atoms with Crippen LogP contribution in [0.4, 0.5) is 0 Å². The Morgan fingerprint density at radius 1 is 1.33 bits per heavy atom. The maximum atomic E-state index is 11.9. The predicted octanol–water partition coefficient (Wildman–Crippen LogP) is 1.99. The van der Waals surface area contributed by atoms with E-state index in [4.69, 9.17) is 0 Å². The van der Waals surface area contributed by atoms with Gasteiger partial charge in [0.25, 0.3) is 0 Å². The van der Waals surface area contributed by atoms with E-state index in [9.17, 15) is 9.90 Å². The first-order valence-electron chi connectivity index (χ1n) is 6.75. The molecule has 1 fully saturated rings. The molecule has 1 aliphatic rings. The van der Waals surface area contributed by atoms with Crippen LogP contribution in [0, 0.1) is 0 Å². The van der Waals surface area contributed by atoms with Gasteiger partial charge in [0.15, 0.2) is 0 Å². The van der Waals surface area contributed by atoms with E-state index < -0.39 is 0 Å². The number of piperidine rings is 1. The highest BCUT2D eigenvalue weighted by Gasteiger charge is 2.21. The Labute approximate surface area is 108 Å². The monoisotopic (exact) mass is 247 g/mol. The fraction of sp³-hybridized carbons (Fsp3) is 0.533. The van der Waals surface area contributed by atoms with E-state index in [2.05, 4.69) is 12.1 Å². The Hall–Kier alpha value is -1.35. The molecule has 18 heavy (non-hydrogen) atoms. The summed E-state index contributed by atoms with van der Waals surface area (Å²) in [5, 5.41) is 9.54. The first-order chi connectivity index (χ1) is 8.75. The van der Waals surface area contributed by atoms with E-state index in [0.717, 1.165) is 32.2 Å². The van der Waals surface area contributed by atoms with Crippen molar-refractivity contribution in [1.29, 1.82) is 0 Å². The minimum atomic E-state index is -0.322. The lowest BCUT2D eigenvalue weighted by molar-refractivity contribution is -0.134. The maximum Gasteiger partial charge on any atom is 0.222 e. The van der Waals surface area contributed by atoms with Gasteiger partial charge in [-0.15, -0.1) is 0 Å². The second-order valence-electron chi connectivity index (χ2n) is 4.97. The molecule has 1 aliphatic heterocycles. The van der Waals surface area contributed by atoms with E-state index in [1.54, 1.807) is 4.90 Å². The standard InChI is InChI=1S/C15H21NO2/c17-14-9-5-11-16(12-14)15(18)10-4-8-13-6-2-1-3-7-13/h1-3,6-7,14,17H,4-5,8-12H2/t14-/m0/s1. The van der Waals surface area contributed by atoms with Gasteiger partial charge in [-0.2, -0.15) is 0 Å². The number of hydrogen-bond donors (Lipinski definition) is 1. The second-order valence-corrected chi connectivity index (χ2v) is 4.97. The summed E-state index contributed by atoms with van der Waals surface area (Å²) in [5.41, 5.74) is 1.28. The molecule has 98 valence electrons. The van der Waals surface area contributed by atoms with Gasteiger partial charge in [0.1, 0.15) is 0 Å². The summed E-state index contributed by atoms with van der Waals surface area (Å²) in [6.07, 6.45) is 3.84. The fourth-order valence-electron chi connectivity index (χ4n) is 2.43. The Bertz CT molecular complexity index is 377. The first-order valence-corrected chi connectivity index (χ1v) is 6.75. The molecule has 0 saturated carbocycles. The van der Waals surface area contributed by atoms with E-state index in [0.29, 0.717) is 13.0 Å². The predicted molar refractivity (Wildman–Crippen MR) is 71.2 cm³/mol. The fourth-order valence-corrected chi connectivity index (χ4v) is 2.43. The van der Waals surface area contributed by atoms with Crippen molar-refractivity contribution in [2.24, 2.45) is 0 Å². The van der Waals surface area contributed by atoms with Crippen molar-refractivity contribution in [3.63, 3.8) is 0 Å². The quantitative estimate of drug-likeness (QED) is 0.884. The topological polar surface area (TPSA) is 40.5 Å². The molecule has 1 saturated heterocycles. The summed E-state index contributed by atoms with van der Waals surface area (Å²) >= 11 is 0. The van der Waals surface area contributed by atoms with Crippen molar-refractivity contribution in [3.05, 3.63) is 35.9 Å². The normalized spacial score (nSPS) is 19.8. The van der Waals surface area contributed by atoms with Gasteiger partial charge >= 0.3 is 0 Å². The van der Waals surface area contributed by atoms with Gasteiger partial charge in [0.05, 0.1) is 6.10 Å². The van der Waals surface area contributed by atoms with Gasteiger partial charge in [-0.3, -0.25) is 4.79 Å². The zero-order valence-corrected chi connectivity index (χ0v) is 10.7. The largest absolute Gasteiger partial charge is 0.391 e. The van der Waals surface area contributed by atoms with Crippen LogP contribution in [0.5, 0.6) is 0 Å². The van der Waals surface area contributed by atoms with Crippen LogP contribution >= 0.6 is 0 Å². The summed E-state index contributed by atoms with van der Waals surface area (Å²) in [6, 6.07) is 10.2. The highest BCUT2D eigenvalue weighted by atomic mass is 16.3. The van der Waals surface area contributed by atoms with E-state index in [1.807, 2.05) is 18.2 Å². The smallest absolute Gasteiger partial charge is 0.222 e. The number of aryl methyl sites for hydroxylation is 1. The maximum absolute atomic E-state index is 11.9. The molecule has 1 N–H and O–H groups in total. The summed E-state index contributed by atoms with van der Waals surface area (Å²) < 4.78 is 0. The van der Waals surface area contributed by atoms with Crippen molar-refractivity contribution in [2.45, 2.75) is 38.2 Å². The van der Waals surface area contributed by atoms with Gasteiger partial charge in [-0.05, 0) is 31.2 Å². The lowest BCUT2D eigenvalue weighted by atomic mass is 10.1. The highest BCUT2D eigenvalue weighted by molar-refractivity contribution is 5.76. The molecule has 1 atom stereocenters. The lowest BCUT2D eigenvalue weighted by Crippen LogP contribution is -2.42. The molecule has 2 rings (SSSR count). The van der Waals surface area contributed by atoms with Crippen LogP contribution in [-0.2, 0) is 11.2 Å². The van der Waals surface area contributed by atoms with Crippen LogP contribution in [0.3, 0.4) is 0 Å². The van der Waals surface area contributed by atoms with Crippen molar-refractivity contribution < 1.29 is 9.90 Å². The number of amides is 1. The third-order valence-corrected chi connectivity index (χ3v) is 3.45. The van der Waals surface area contributed by atoms with E-state index in [1.165, 1.54) is 5.56 Å². The minimum absolute atomic E-state index is 0.185. The zero-order valence-electron chi connectivity index (χ0n) is 10.7. The Morgan fingerprint density at radius 2 is 2.11 bits per heavy atom. The Kier molecular flexibility index (Phi) is 4.76. The number of likely N-dealkylation sites (tertiary alicyclic amines) is 1. The van der Waals surface area contributed by atoms with Crippen LogP contribution in [0.15, 0.2) is 30.3 Å². The molecular formula is C15H21NO2. The molecule has 0 unspecified atom stereocenters. The molecule has 1 aromatic rings. The van der Waals surface area contributed by atoms with Crippen LogP contribution < -0.4 is 0 Å². The number of rotatable bonds is 4. The van der Waals surface area contributed by atoms with E-state index >= 15 is 0 Å². The third kappa shape index (κ3) is 3.84. The molecule has 3 heteroatoms. The molecular weight excluding hydrogens is 226 g/mol. The van der Waals surface area contributed by atoms with Crippen molar-refractivity contribution in [2.75, 3.05) is 13.1 Å². The van der Waals surface area contributed by atoms with Gasteiger partial charge in [-0.1, -0.05) is 30.3 Å². The first kappa shape index (κ1) is 13.1. The highest BCUT2D eigenvalue weighted by Crippen LogP contribution is 2.12. The average molecular weight is 247 g/mol. The number of β-amino-alcohol motifs (C(OH)–C–C–N with tert-alkyl or cyclic N) is 1. The van der Waals surface area contributed by atoms with E-state index in [-0.39, 0.29) is 12.0 Å². The van der Waals surface area contributed by atoms with Crippen LogP contribution in [0.2, 0.25) is 0 Å². The molecule has 1 aromatic carbocycles. The number of carbonyl (C=O) groups is 1. The van der Waals surface area contributed by atoms with Crippen LogP contribution in [0.1, 0.15) is 31.2 Å². The molecule has 0 spiro atoms. The number of aliphatic hydroxyl groups is 1. The number of aliphatic hydroxyl groups excluding tert-OH is 1. The molecule has 0 aliphatic carbocycles. The molecule has 1 heterocycles. The number of nitrogens with zero attached hydrogens (tertiary/aromatic N) is 1. The molecule has 0 bridgehead atoms. The SMILES string of the molecule is O=C(CCCc1ccccc1)N1CCC[C@H](O)C1. The lowest BCUT2D eigenvalue weighted by Gasteiger charge is -2.30. The summed E-state index contributed by atoms with van der Waals surface area (Å²) in [6.45, 7) is 1.32. The average Bonchev–Trinajstić information content (AvgIpc) is 2.40. The number of carbonyl (C=O) groups excluding carboxylic acids is 1. The number of hydrogen-bond acceptors (Lipinski definition) is 2. The van der Waals surface area contributed by atoms with Crippen LogP contribution in [-0.4, -0.2) is 35.1 Å². The van der Waals surface area contributed by atoms with Crippen LogP contribution in [0.25, 0.3) is 0 Å². The molecule has 1 amide bonds. The molecule has 0 radical (unpaired) electrons. The van der Waals surface area contributed by atoms with Crippen molar-refractivity contribution in [1.82, 2.24) is 4.90 Å². The van der Waals surface area contributed by atoms with Crippen molar-refractivity contribution >= 4 is 5.91 Å². The third-order valence-electron chi connectivity index (χ3n) is 3.45. The van der Waals surface area contributed by atoms with Gasteiger partial charge in [-0.25, -0.2) is 0 Å². The summed E-state index contributed by atoms with van der Waals surface area (Å²) in [7, 11) is 0. The number of benzene rings is 1. The summed E-state index contributed by atoms with van der Waals surface area (Å²) in [4.78, 5) is 13.8. The van der Waals surface area contributed by atoms with Gasteiger partial charge < -0.3 is 10.0 Å². The zero-order chi connectivity index (χ0) is 12.8. The van der Waals surface area contributed by atoms with Gasteiger partial charge in [0, 0.05) is 19.5 Å². The van der Waals surface area contributed by atoms with Crippen molar-refractivity contribution in [3.8, 4) is 0 Å². The summed E-state index contributed by atoms with van der Waals surface area (Å²) in [5.74, 6) is 0.185. The van der Waals surface area contributed by atoms with Gasteiger partial charge in [0.2, 0.25) is 5.91 Å².